The smallest absolute Gasteiger partial charge is 0.252 e. The molecule has 0 radical (unpaired) electrons. The predicted octanol–water partition coefficient (Wildman–Crippen LogP) is 2.37. The van der Waals surface area contributed by atoms with Gasteiger partial charge >= 0.3 is 0 Å². The number of hydrogen-bond donors (Lipinski definition) is 2. The van der Waals surface area contributed by atoms with Gasteiger partial charge in [0.05, 0.1) is 12.1 Å². The van der Waals surface area contributed by atoms with Crippen LogP contribution in [0.4, 0.5) is 15.8 Å². The first-order chi connectivity index (χ1) is 11.3. The van der Waals surface area contributed by atoms with Gasteiger partial charge in [-0.3, -0.25) is 19.3 Å². The fourth-order valence-corrected chi connectivity index (χ4v) is 2.52. The average Bonchev–Trinajstić information content (AvgIpc) is 2.74. The van der Waals surface area contributed by atoms with E-state index in [4.69, 9.17) is 0 Å². The highest BCUT2D eigenvalue weighted by Gasteiger charge is 2.38. The molecule has 0 unspecified atom stereocenters. The van der Waals surface area contributed by atoms with E-state index in [2.05, 4.69) is 10.6 Å². The zero-order valence-corrected chi connectivity index (χ0v) is 14.1. The number of carbonyl (C=O) groups is 3. The molecule has 1 fully saturated rings. The largest absolute Gasteiger partial charge is 0.373 e. The maximum atomic E-state index is 13.6. The summed E-state index contributed by atoms with van der Waals surface area (Å²) in [4.78, 5) is 36.7. The second-order valence-corrected chi connectivity index (χ2v) is 6.34. The zero-order valence-electron chi connectivity index (χ0n) is 14.1. The van der Waals surface area contributed by atoms with Crippen molar-refractivity contribution in [2.45, 2.75) is 39.7 Å². The van der Waals surface area contributed by atoms with E-state index in [0.29, 0.717) is 18.2 Å². The molecule has 1 aliphatic heterocycles. The summed E-state index contributed by atoms with van der Waals surface area (Å²) in [7, 11) is 0. The predicted molar refractivity (Wildman–Crippen MR) is 88.9 cm³/mol. The molecule has 0 aromatic heterocycles. The first kappa shape index (κ1) is 17.9. The minimum atomic E-state index is -0.666. The van der Waals surface area contributed by atoms with Crippen molar-refractivity contribution in [2.75, 3.05) is 17.2 Å². The highest BCUT2D eigenvalue weighted by atomic mass is 19.1. The Morgan fingerprint density at radius 2 is 2.08 bits per heavy atom. The topological polar surface area (TPSA) is 78.5 Å². The minimum absolute atomic E-state index is 0.0286. The SMILES string of the molecule is CC(=O)Nc1cc(N[C@H]2CC(=O)N(CCC(C)C)C2=O)ccc1F. The van der Waals surface area contributed by atoms with Crippen LogP contribution in [0.5, 0.6) is 0 Å². The van der Waals surface area contributed by atoms with E-state index in [-0.39, 0.29) is 23.9 Å². The molecule has 2 rings (SSSR count). The van der Waals surface area contributed by atoms with Crippen molar-refractivity contribution in [2.24, 2.45) is 5.92 Å². The monoisotopic (exact) mass is 335 g/mol. The number of rotatable bonds is 6. The van der Waals surface area contributed by atoms with E-state index in [1.54, 1.807) is 0 Å². The maximum Gasteiger partial charge on any atom is 0.252 e. The van der Waals surface area contributed by atoms with Gasteiger partial charge in [-0.15, -0.1) is 0 Å². The normalized spacial score (nSPS) is 17.5. The molecule has 1 aromatic rings. The first-order valence-corrected chi connectivity index (χ1v) is 7.95. The lowest BCUT2D eigenvalue weighted by Gasteiger charge is -2.17. The van der Waals surface area contributed by atoms with Gasteiger partial charge in [0.1, 0.15) is 11.9 Å². The van der Waals surface area contributed by atoms with Gasteiger partial charge in [0, 0.05) is 19.2 Å². The van der Waals surface area contributed by atoms with Crippen LogP contribution in [-0.4, -0.2) is 35.2 Å². The fourth-order valence-electron chi connectivity index (χ4n) is 2.52. The second-order valence-electron chi connectivity index (χ2n) is 6.34. The van der Waals surface area contributed by atoms with Crippen molar-refractivity contribution in [1.82, 2.24) is 4.90 Å². The van der Waals surface area contributed by atoms with Crippen LogP contribution in [-0.2, 0) is 14.4 Å². The van der Waals surface area contributed by atoms with Crippen LogP contribution in [0.25, 0.3) is 0 Å². The summed E-state index contributed by atoms with van der Waals surface area (Å²) in [5.41, 5.74) is 0.498. The number of carbonyl (C=O) groups excluding carboxylic acids is 3. The Hall–Kier alpha value is -2.44. The number of halogens is 1. The Bertz CT molecular complexity index is 660. The van der Waals surface area contributed by atoms with Gasteiger partial charge in [0.25, 0.3) is 5.91 Å². The molecule has 0 saturated carbocycles. The number of anilines is 2. The number of nitrogens with one attached hydrogen (secondary N) is 2. The van der Waals surface area contributed by atoms with Crippen molar-refractivity contribution in [3.05, 3.63) is 24.0 Å². The van der Waals surface area contributed by atoms with E-state index >= 15 is 0 Å². The molecule has 24 heavy (non-hydrogen) atoms. The number of benzene rings is 1. The number of imide groups is 1. The molecule has 1 aliphatic rings. The Kier molecular flexibility index (Phi) is 5.54. The summed E-state index contributed by atoms with van der Waals surface area (Å²) in [5, 5.41) is 5.33. The van der Waals surface area contributed by atoms with Crippen LogP contribution in [0, 0.1) is 11.7 Å². The summed E-state index contributed by atoms with van der Waals surface area (Å²) < 4.78 is 13.6. The van der Waals surface area contributed by atoms with Crippen LogP contribution >= 0.6 is 0 Å². The van der Waals surface area contributed by atoms with Crippen molar-refractivity contribution < 1.29 is 18.8 Å². The number of nitrogens with zero attached hydrogens (tertiary/aromatic N) is 1. The lowest BCUT2D eigenvalue weighted by molar-refractivity contribution is -0.138. The first-order valence-electron chi connectivity index (χ1n) is 7.95. The molecular formula is C17H22FN3O3. The molecule has 0 spiro atoms. The van der Waals surface area contributed by atoms with Gasteiger partial charge in [-0.1, -0.05) is 13.8 Å². The van der Waals surface area contributed by atoms with Crippen LogP contribution in [0.2, 0.25) is 0 Å². The third-order valence-electron chi connectivity index (χ3n) is 3.79. The molecule has 1 aromatic carbocycles. The molecule has 1 heterocycles. The molecule has 1 saturated heterocycles. The van der Waals surface area contributed by atoms with Gasteiger partial charge in [-0.25, -0.2) is 4.39 Å². The number of amides is 3. The Labute approximate surface area is 140 Å². The van der Waals surface area contributed by atoms with Crippen LogP contribution in [0.15, 0.2) is 18.2 Å². The van der Waals surface area contributed by atoms with Crippen LogP contribution in [0.3, 0.4) is 0 Å². The molecule has 3 amide bonds. The van der Waals surface area contributed by atoms with E-state index in [9.17, 15) is 18.8 Å². The van der Waals surface area contributed by atoms with Crippen molar-refractivity contribution in [3.8, 4) is 0 Å². The number of hydrogen-bond acceptors (Lipinski definition) is 4. The standard InChI is InChI=1S/C17H22FN3O3/c1-10(2)6-7-21-16(23)9-15(17(21)24)20-12-4-5-13(18)14(8-12)19-11(3)22/h4-5,8,10,15,20H,6-7,9H2,1-3H3,(H,19,22)/t15-/m0/s1. The van der Waals surface area contributed by atoms with E-state index in [0.717, 1.165) is 6.42 Å². The highest BCUT2D eigenvalue weighted by molar-refractivity contribution is 6.06. The third kappa shape index (κ3) is 4.31. The van der Waals surface area contributed by atoms with Crippen LogP contribution in [0.1, 0.15) is 33.6 Å². The average molecular weight is 335 g/mol. The fraction of sp³-hybridized carbons (Fsp3) is 0.471. The summed E-state index contributed by atoms with van der Waals surface area (Å²) in [6.45, 7) is 5.75. The second kappa shape index (κ2) is 7.42. The molecule has 1 atom stereocenters. The van der Waals surface area contributed by atoms with Crippen molar-refractivity contribution in [1.29, 1.82) is 0 Å². The number of likely N-dealkylation sites (tertiary alicyclic amines) is 1. The third-order valence-corrected chi connectivity index (χ3v) is 3.79. The maximum absolute atomic E-state index is 13.6. The van der Waals surface area contributed by atoms with E-state index in [1.165, 1.54) is 30.0 Å². The lowest BCUT2D eigenvalue weighted by Crippen LogP contribution is -2.35. The van der Waals surface area contributed by atoms with Gasteiger partial charge in [0.15, 0.2) is 0 Å². The molecular weight excluding hydrogens is 313 g/mol. The van der Waals surface area contributed by atoms with E-state index < -0.39 is 17.8 Å². The Morgan fingerprint density at radius 1 is 1.38 bits per heavy atom. The quantitative estimate of drug-likeness (QED) is 0.782. The molecule has 7 heteroatoms. The van der Waals surface area contributed by atoms with Gasteiger partial charge < -0.3 is 10.6 Å². The summed E-state index contributed by atoms with van der Waals surface area (Å²) >= 11 is 0. The van der Waals surface area contributed by atoms with Crippen LogP contribution < -0.4 is 10.6 Å². The zero-order chi connectivity index (χ0) is 17.9. The van der Waals surface area contributed by atoms with Crippen molar-refractivity contribution in [3.63, 3.8) is 0 Å². The summed E-state index contributed by atoms with van der Waals surface area (Å²) in [6, 6.07) is 3.41. The molecule has 130 valence electrons. The Morgan fingerprint density at radius 3 is 2.71 bits per heavy atom. The van der Waals surface area contributed by atoms with Gasteiger partial charge in [-0.05, 0) is 30.5 Å². The molecule has 0 aliphatic carbocycles. The molecule has 2 N–H and O–H groups in total. The van der Waals surface area contributed by atoms with Crippen molar-refractivity contribution >= 4 is 29.1 Å². The lowest BCUT2D eigenvalue weighted by atomic mass is 10.1. The van der Waals surface area contributed by atoms with Gasteiger partial charge in [-0.2, -0.15) is 0 Å². The van der Waals surface area contributed by atoms with E-state index in [1.807, 2.05) is 13.8 Å². The summed E-state index contributed by atoms with van der Waals surface area (Å²) in [5.74, 6) is -1.04. The summed E-state index contributed by atoms with van der Waals surface area (Å²) in [6.07, 6.45) is 0.831. The molecule has 0 bridgehead atoms. The minimum Gasteiger partial charge on any atom is -0.373 e. The Balaban J connectivity index is 2.07. The molecule has 6 nitrogen and oxygen atoms in total. The van der Waals surface area contributed by atoms with Gasteiger partial charge in [0.2, 0.25) is 11.8 Å². The highest BCUT2D eigenvalue weighted by Crippen LogP contribution is 2.23.